The van der Waals surface area contributed by atoms with Crippen LogP contribution in [0.3, 0.4) is 0 Å². The van der Waals surface area contributed by atoms with Crippen molar-refractivity contribution in [1.82, 2.24) is 9.97 Å². The lowest BCUT2D eigenvalue weighted by atomic mass is 10.1. The summed E-state index contributed by atoms with van der Waals surface area (Å²) in [5.74, 6) is 0.274. The number of hydrogen-bond acceptors (Lipinski definition) is 7. The zero-order valence-electron chi connectivity index (χ0n) is 11.3. The fraction of sp³-hybridized carbons (Fsp3) is 0.636. The maximum atomic E-state index is 11.2. The van der Waals surface area contributed by atoms with E-state index in [1.165, 1.54) is 6.33 Å². The van der Waals surface area contributed by atoms with Gasteiger partial charge in [-0.2, -0.15) is 0 Å². The van der Waals surface area contributed by atoms with E-state index >= 15 is 0 Å². The molecule has 0 unspecified atom stereocenters. The summed E-state index contributed by atoms with van der Waals surface area (Å²) in [5, 5.41) is 26.1. The van der Waals surface area contributed by atoms with Gasteiger partial charge in [-0.25, -0.2) is 9.97 Å². The molecule has 1 aromatic heterocycles. The maximum Gasteiger partial charge on any atom is 0.353 e. The summed E-state index contributed by atoms with van der Waals surface area (Å²) in [6.07, 6.45) is 2.08. The molecule has 8 nitrogen and oxygen atoms in total. The van der Waals surface area contributed by atoms with Crippen molar-refractivity contribution in [2.45, 2.75) is 32.7 Å². The van der Waals surface area contributed by atoms with Crippen LogP contribution in [-0.2, 0) is 0 Å². The second kappa shape index (κ2) is 6.28. The molecular weight excluding hydrogens is 250 g/mol. The lowest BCUT2D eigenvalue weighted by Crippen LogP contribution is -2.35. The highest BCUT2D eigenvalue weighted by atomic mass is 16.6. The average Bonchev–Trinajstić information content (AvgIpc) is 2.35. The summed E-state index contributed by atoms with van der Waals surface area (Å²) in [6, 6.07) is 0. The molecule has 0 fully saturated rings. The monoisotopic (exact) mass is 269 g/mol. The number of aliphatic hydroxyl groups is 1. The number of rotatable bonds is 7. The Morgan fingerprint density at radius 2 is 2.05 bits per heavy atom. The van der Waals surface area contributed by atoms with E-state index in [0.29, 0.717) is 6.54 Å². The minimum atomic E-state index is -0.707. The first-order valence-corrected chi connectivity index (χ1v) is 6.03. The van der Waals surface area contributed by atoms with Gasteiger partial charge in [-0.15, -0.1) is 0 Å². The Morgan fingerprint density at radius 3 is 2.58 bits per heavy atom. The largest absolute Gasteiger partial charge is 0.394 e. The van der Waals surface area contributed by atoms with Crippen molar-refractivity contribution in [1.29, 1.82) is 0 Å². The van der Waals surface area contributed by atoms with Crippen molar-refractivity contribution >= 4 is 17.3 Å². The van der Waals surface area contributed by atoms with E-state index in [2.05, 4.69) is 20.6 Å². The third kappa shape index (κ3) is 4.02. The highest BCUT2D eigenvalue weighted by Crippen LogP contribution is 2.30. The third-order valence-electron chi connectivity index (χ3n) is 2.40. The van der Waals surface area contributed by atoms with Crippen LogP contribution in [0.5, 0.6) is 0 Å². The van der Waals surface area contributed by atoms with Crippen molar-refractivity contribution in [3.63, 3.8) is 0 Å². The lowest BCUT2D eigenvalue weighted by molar-refractivity contribution is -0.383. The summed E-state index contributed by atoms with van der Waals surface area (Å²) in [7, 11) is 0. The normalized spacial score (nSPS) is 11.2. The highest BCUT2D eigenvalue weighted by molar-refractivity contribution is 5.69. The molecule has 0 aliphatic rings. The van der Waals surface area contributed by atoms with Crippen molar-refractivity contribution in [2.24, 2.45) is 0 Å². The van der Waals surface area contributed by atoms with Gasteiger partial charge < -0.3 is 15.7 Å². The Balaban J connectivity index is 3.13. The van der Waals surface area contributed by atoms with E-state index < -0.39 is 10.5 Å². The summed E-state index contributed by atoms with van der Waals surface area (Å²) < 4.78 is 0. The second-order valence-corrected chi connectivity index (χ2v) is 4.77. The van der Waals surface area contributed by atoms with Crippen molar-refractivity contribution in [2.75, 3.05) is 23.8 Å². The molecule has 0 aliphatic heterocycles. The molecule has 0 aliphatic carbocycles. The summed E-state index contributed by atoms with van der Waals surface area (Å²) in [5.41, 5.74) is -0.918. The number of anilines is 2. The maximum absolute atomic E-state index is 11.2. The van der Waals surface area contributed by atoms with Crippen molar-refractivity contribution in [3.8, 4) is 0 Å². The summed E-state index contributed by atoms with van der Waals surface area (Å²) >= 11 is 0. The molecule has 0 saturated heterocycles. The van der Waals surface area contributed by atoms with Crippen molar-refractivity contribution < 1.29 is 10.0 Å². The molecule has 1 aromatic rings. The van der Waals surface area contributed by atoms with Gasteiger partial charge in [0.15, 0.2) is 0 Å². The molecule has 0 atom stereocenters. The number of nitro groups is 1. The molecule has 0 radical (unpaired) electrons. The first kappa shape index (κ1) is 15.1. The van der Waals surface area contributed by atoms with E-state index in [4.69, 9.17) is 0 Å². The van der Waals surface area contributed by atoms with Crippen LogP contribution in [0, 0.1) is 10.1 Å². The minimum absolute atomic E-state index is 0.0950. The molecule has 3 N–H and O–H groups in total. The van der Waals surface area contributed by atoms with Crippen LogP contribution >= 0.6 is 0 Å². The van der Waals surface area contributed by atoms with E-state index in [1.54, 1.807) is 13.8 Å². The topological polar surface area (TPSA) is 113 Å². The molecular formula is C11H19N5O3. The van der Waals surface area contributed by atoms with Gasteiger partial charge >= 0.3 is 5.69 Å². The Morgan fingerprint density at radius 1 is 1.42 bits per heavy atom. The molecule has 1 rings (SSSR count). The fourth-order valence-corrected chi connectivity index (χ4v) is 1.38. The smallest absolute Gasteiger partial charge is 0.353 e. The zero-order chi connectivity index (χ0) is 14.5. The lowest BCUT2D eigenvalue weighted by Gasteiger charge is -2.24. The van der Waals surface area contributed by atoms with Crippen LogP contribution in [-0.4, -0.2) is 38.7 Å². The van der Waals surface area contributed by atoms with E-state index in [0.717, 1.165) is 6.42 Å². The van der Waals surface area contributed by atoms with Crippen LogP contribution < -0.4 is 10.6 Å². The first-order chi connectivity index (χ1) is 8.91. The van der Waals surface area contributed by atoms with Gasteiger partial charge in [-0.1, -0.05) is 6.92 Å². The molecule has 1 heterocycles. The Kier molecular flexibility index (Phi) is 4.99. The third-order valence-corrected chi connectivity index (χ3v) is 2.40. The summed E-state index contributed by atoms with van der Waals surface area (Å²) in [6.45, 7) is 5.80. The Labute approximate surface area is 111 Å². The highest BCUT2D eigenvalue weighted by Gasteiger charge is 2.27. The predicted octanol–water partition coefficient (Wildman–Crippen LogP) is 1.39. The number of hydrogen-bond donors (Lipinski definition) is 3. The van der Waals surface area contributed by atoms with Gasteiger partial charge in [0.2, 0.25) is 11.6 Å². The van der Waals surface area contributed by atoms with Crippen LogP contribution in [0.2, 0.25) is 0 Å². The van der Waals surface area contributed by atoms with E-state index in [9.17, 15) is 15.2 Å². The average molecular weight is 269 g/mol. The number of aromatic nitrogens is 2. The quantitative estimate of drug-likeness (QED) is 0.506. The summed E-state index contributed by atoms with van der Waals surface area (Å²) in [4.78, 5) is 18.4. The van der Waals surface area contributed by atoms with Crippen LogP contribution in [0.1, 0.15) is 27.2 Å². The van der Waals surface area contributed by atoms with Gasteiger partial charge in [0.05, 0.1) is 17.1 Å². The van der Waals surface area contributed by atoms with Crippen LogP contribution in [0.15, 0.2) is 6.33 Å². The van der Waals surface area contributed by atoms with Crippen LogP contribution in [0.4, 0.5) is 17.3 Å². The minimum Gasteiger partial charge on any atom is -0.394 e. The van der Waals surface area contributed by atoms with Gasteiger partial charge in [0.25, 0.3) is 0 Å². The first-order valence-electron chi connectivity index (χ1n) is 6.03. The molecule has 0 spiro atoms. The Hall–Kier alpha value is -1.96. The Bertz CT molecular complexity index is 450. The molecule has 0 bridgehead atoms. The zero-order valence-corrected chi connectivity index (χ0v) is 11.3. The standard InChI is InChI=1S/C11H19N5O3/c1-4-5-12-9-8(16(18)19)10(14-7-13-9)15-11(2,3)6-17/h7,17H,4-6H2,1-3H3,(H2,12,13,14,15). The number of nitrogens with one attached hydrogen (secondary N) is 2. The molecule has 106 valence electrons. The van der Waals surface area contributed by atoms with Crippen LogP contribution in [0.25, 0.3) is 0 Å². The van der Waals surface area contributed by atoms with E-state index in [-0.39, 0.29) is 23.9 Å². The fourth-order valence-electron chi connectivity index (χ4n) is 1.38. The molecule has 19 heavy (non-hydrogen) atoms. The van der Waals surface area contributed by atoms with Gasteiger partial charge in [0, 0.05) is 6.54 Å². The molecule has 8 heteroatoms. The van der Waals surface area contributed by atoms with Crippen molar-refractivity contribution in [3.05, 3.63) is 16.4 Å². The predicted molar refractivity (Wildman–Crippen MR) is 72.3 cm³/mol. The van der Waals surface area contributed by atoms with Gasteiger partial charge in [-0.3, -0.25) is 10.1 Å². The van der Waals surface area contributed by atoms with Gasteiger partial charge in [0.1, 0.15) is 6.33 Å². The number of aliphatic hydroxyl groups excluding tert-OH is 1. The van der Waals surface area contributed by atoms with E-state index in [1.807, 2.05) is 6.92 Å². The van der Waals surface area contributed by atoms with Gasteiger partial charge in [-0.05, 0) is 20.3 Å². The molecule has 0 saturated carbocycles. The molecule has 0 aromatic carbocycles. The second-order valence-electron chi connectivity index (χ2n) is 4.77. The molecule has 0 amide bonds. The SMILES string of the molecule is CCCNc1ncnc(NC(C)(C)CO)c1[N+](=O)[O-]. The number of nitrogens with zero attached hydrogens (tertiary/aromatic N) is 3.